The molecule has 90 valence electrons. The van der Waals surface area contributed by atoms with Crippen LogP contribution in [0.3, 0.4) is 0 Å². The predicted molar refractivity (Wildman–Crippen MR) is 64.2 cm³/mol. The molecular weight excluding hydrogens is 244 g/mol. The van der Waals surface area contributed by atoms with Gasteiger partial charge in [-0.1, -0.05) is 12.1 Å². The zero-order chi connectivity index (χ0) is 12.8. The number of esters is 1. The van der Waals surface area contributed by atoms with Gasteiger partial charge in [0.05, 0.1) is 14.2 Å². The second kappa shape index (κ2) is 6.06. The molecule has 0 fully saturated rings. The summed E-state index contributed by atoms with van der Waals surface area (Å²) in [6.07, 6.45) is 2.70. The normalized spacial score (nSPS) is 10.3. The largest absolute Gasteiger partial charge is 0.496 e. The first-order valence-corrected chi connectivity index (χ1v) is 5.10. The van der Waals surface area contributed by atoms with Gasteiger partial charge >= 0.3 is 5.97 Å². The van der Waals surface area contributed by atoms with Crippen molar-refractivity contribution in [3.8, 4) is 5.75 Å². The van der Waals surface area contributed by atoms with Crippen molar-refractivity contribution >= 4 is 28.9 Å². The fraction of sp³-hybridized carbons (Fsp3) is 0.167. The molecule has 0 bridgehead atoms. The Balaban J connectivity index is 3.13. The SMILES string of the molecule is COC(=O)c1cc(/C=C/C(=O)Cl)ccc1OC. The van der Waals surface area contributed by atoms with E-state index >= 15 is 0 Å². The molecule has 0 saturated heterocycles. The summed E-state index contributed by atoms with van der Waals surface area (Å²) < 4.78 is 9.65. The van der Waals surface area contributed by atoms with Gasteiger partial charge in [-0.3, -0.25) is 4.79 Å². The van der Waals surface area contributed by atoms with E-state index in [4.69, 9.17) is 16.3 Å². The van der Waals surface area contributed by atoms with Crippen molar-refractivity contribution in [3.63, 3.8) is 0 Å². The van der Waals surface area contributed by atoms with Gasteiger partial charge in [0.15, 0.2) is 0 Å². The van der Waals surface area contributed by atoms with E-state index < -0.39 is 11.2 Å². The van der Waals surface area contributed by atoms with Gasteiger partial charge in [-0.25, -0.2) is 4.79 Å². The zero-order valence-corrected chi connectivity index (χ0v) is 10.2. The number of allylic oxidation sites excluding steroid dienone is 1. The molecule has 1 aromatic rings. The van der Waals surface area contributed by atoms with E-state index in [2.05, 4.69) is 4.74 Å². The number of hydrogen-bond acceptors (Lipinski definition) is 4. The minimum absolute atomic E-state index is 0.291. The molecule has 0 radical (unpaired) electrons. The van der Waals surface area contributed by atoms with E-state index in [1.165, 1.54) is 26.4 Å². The lowest BCUT2D eigenvalue weighted by Gasteiger charge is -2.07. The first kappa shape index (κ1) is 13.3. The molecule has 4 nitrogen and oxygen atoms in total. The van der Waals surface area contributed by atoms with Crippen LogP contribution in [0.25, 0.3) is 6.08 Å². The molecule has 0 aliphatic heterocycles. The van der Waals surface area contributed by atoms with E-state index in [1.54, 1.807) is 18.2 Å². The summed E-state index contributed by atoms with van der Waals surface area (Å²) in [7, 11) is 2.74. The van der Waals surface area contributed by atoms with Crippen LogP contribution < -0.4 is 4.74 Å². The molecule has 5 heteroatoms. The smallest absolute Gasteiger partial charge is 0.341 e. The van der Waals surface area contributed by atoms with E-state index in [1.807, 2.05) is 0 Å². The second-order valence-electron chi connectivity index (χ2n) is 3.09. The molecule has 0 aromatic heterocycles. The number of ether oxygens (including phenoxy) is 2. The van der Waals surface area contributed by atoms with Crippen LogP contribution in [0.1, 0.15) is 15.9 Å². The highest BCUT2D eigenvalue weighted by Crippen LogP contribution is 2.21. The molecule has 0 N–H and O–H groups in total. The van der Waals surface area contributed by atoms with Gasteiger partial charge in [-0.15, -0.1) is 0 Å². The van der Waals surface area contributed by atoms with Crippen molar-refractivity contribution in [1.82, 2.24) is 0 Å². The van der Waals surface area contributed by atoms with Crippen LogP contribution in [0.5, 0.6) is 5.75 Å². The summed E-state index contributed by atoms with van der Waals surface area (Å²) in [5, 5.41) is -0.583. The number of halogens is 1. The van der Waals surface area contributed by atoms with Crippen LogP contribution in [0.2, 0.25) is 0 Å². The van der Waals surface area contributed by atoms with Crippen molar-refractivity contribution in [3.05, 3.63) is 35.4 Å². The van der Waals surface area contributed by atoms with Gasteiger partial charge in [-0.05, 0) is 35.4 Å². The molecule has 17 heavy (non-hydrogen) atoms. The third-order valence-electron chi connectivity index (χ3n) is 2.04. The monoisotopic (exact) mass is 254 g/mol. The van der Waals surface area contributed by atoms with E-state index in [0.29, 0.717) is 16.9 Å². The highest BCUT2D eigenvalue weighted by molar-refractivity contribution is 6.66. The summed E-state index contributed by atoms with van der Waals surface area (Å²) >= 11 is 5.17. The number of benzene rings is 1. The number of methoxy groups -OCH3 is 2. The van der Waals surface area contributed by atoms with Crippen LogP contribution >= 0.6 is 11.6 Å². The zero-order valence-electron chi connectivity index (χ0n) is 9.40. The minimum atomic E-state index is -0.583. The molecule has 1 aromatic carbocycles. The average molecular weight is 255 g/mol. The maximum absolute atomic E-state index is 11.5. The van der Waals surface area contributed by atoms with Gasteiger partial charge in [0.2, 0.25) is 5.24 Å². The fourth-order valence-electron chi connectivity index (χ4n) is 1.26. The summed E-state index contributed by atoms with van der Waals surface area (Å²) in [6.45, 7) is 0. The Morgan fingerprint density at radius 1 is 1.29 bits per heavy atom. The van der Waals surface area contributed by atoms with Gasteiger partial charge in [-0.2, -0.15) is 0 Å². The molecule has 0 aliphatic rings. The summed E-state index contributed by atoms with van der Waals surface area (Å²) in [5.74, 6) is -0.0968. The molecule has 0 unspecified atom stereocenters. The maximum Gasteiger partial charge on any atom is 0.341 e. The third-order valence-corrected chi connectivity index (χ3v) is 2.16. The standard InChI is InChI=1S/C12H11ClO4/c1-16-10-5-3-8(4-6-11(13)14)7-9(10)12(15)17-2/h3-7H,1-2H3/b6-4+. The van der Waals surface area contributed by atoms with Crippen LogP contribution in [-0.4, -0.2) is 25.4 Å². The minimum Gasteiger partial charge on any atom is -0.496 e. The lowest BCUT2D eigenvalue weighted by molar-refractivity contribution is -0.107. The molecule has 1 rings (SSSR count). The van der Waals surface area contributed by atoms with Crippen LogP contribution in [0.4, 0.5) is 0 Å². The van der Waals surface area contributed by atoms with Crippen molar-refractivity contribution in [2.75, 3.05) is 14.2 Å². The Morgan fingerprint density at radius 3 is 2.53 bits per heavy atom. The average Bonchev–Trinajstić information content (AvgIpc) is 2.34. The number of rotatable bonds is 4. The first-order valence-electron chi connectivity index (χ1n) is 4.72. The molecule has 0 spiro atoms. The maximum atomic E-state index is 11.5. The highest BCUT2D eigenvalue weighted by atomic mass is 35.5. The van der Waals surface area contributed by atoms with E-state index in [-0.39, 0.29) is 0 Å². The number of hydrogen-bond donors (Lipinski definition) is 0. The topological polar surface area (TPSA) is 52.6 Å². The molecule has 0 saturated carbocycles. The second-order valence-corrected chi connectivity index (χ2v) is 3.46. The number of carbonyl (C=O) groups is 2. The summed E-state index contributed by atoms with van der Waals surface area (Å²) in [4.78, 5) is 22.0. The van der Waals surface area contributed by atoms with E-state index in [9.17, 15) is 9.59 Å². The molecule has 0 heterocycles. The summed E-state index contributed by atoms with van der Waals surface area (Å²) in [6, 6.07) is 4.87. The summed E-state index contributed by atoms with van der Waals surface area (Å²) in [5.41, 5.74) is 0.944. The van der Waals surface area contributed by atoms with Crippen LogP contribution in [-0.2, 0) is 9.53 Å². The van der Waals surface area contributed by atoms with E-state index in [0.717, 1.165) is 0 Å². The Labute approximate surface area is 104 Å². The number of carbonyl (C=O) groups excluding carboxylic acids is 2. The quantitative estimate of drug-likeness (QED) is 0.470. The third kappa shape index (κ3) is 3.60. The van der Waals surface area contributed by atoms with Gasteiger partial charge in [0.1, 0.15) is 11.3 Å². The lowest BCUT2D eigenvalue weighted by atomic mass is 10.1. The molecule has 0 aliphatic carbocycles. The van der Waals surface area contributed by atoms with Crippen LogP contribution in [0, 0.1) is 0 Å². The fourth-order valence-corrected chi connectivity index (χ4v) is 1.32. The Morgan fingerprint density at radius 2 is 2.00 bits per heavy atom. The highest BCUT2D eigenvalue weighted by Gasteiger charge is 2.12. The van der Waals surface area contributed by atoms with Gasteiger partial charge in [0, 0.05) is 0 Å². The predicted octanol–water partition coefficient (Wildman–Crippen LogP) is 2.26. The van der Waals surface area contributed by atoms with Gasteiger partial charge in [0.25, 0.3) is 0 Å². The van der Waals surface area contributed by atoms with Crippen molar-refractivity contribution < 1.29 is 19.1 Å². The lowest BCUT2D eigenvalue weighted by Crippen LogP contribution is -2.04. The van der Waals surface area contributed by atoms with Crippen molar-refractivity contribution in [2.45, 2.75) is 0 Å². The molecule has 0 atom stereocenters. The molecular formula is C12H11ClO4. The Kier molecular flexibility index (Phi) is 4.72. The Bertz CT molecular complexity index is 466. The Hall–Kier alpha value is -1.81. The van der Waals surface area contributed by atoms with Crippen molar-refractivity contribution in [2.24, 2.45) is 0 Å². The molecule has 0 amide bonds. The first-order chi connectivity index (χ1) is 8.08. The van der Waals surface area contributed by atoms with Gasteiger partial charge < -0.3 is 9.47 Å². The van der Waals surface area contributed by atoms with Crippen molar-refractivity contribution in [1.29, 1.82) is 0 Å². The van der Waals surface area contributed by atoms with Crippen LogP contribution in [0.15, 0.2) is 24.3 Å².